The first-order chi connectivity index (χ1) is 11.0. The second-order valence-electron chi connectivity index (χ2n) is 5.35. The number of methoxy groups -OCH3 is 1. The Hall–Kier alpha value is -2.53. The van der Waals surface area contributed by atoms with Crippen molar-refractivity contribution in [1.29, 1.82) is 0 Å². The average molecular weight is 330 g/mol. The van der Waals surface area contributed by atoms with Gasteiger partial charge in [-0.2, -0.15) is 0 Å². The maximum absolute atomic E-state index is 12.6. The summed E-state index contributed by atoms with van der Waals surface area (Å²) in [5.74, 6) is 0.524. The van der Waals surface area contributed by atoms with Crippen LogP contribution in [0.25, 0.3) is 0 Å². The molecule has 2 aromatic rings. The van der Waals surface area contributed by atoms with Gasteiger partial charge in [-0.25, -0.2) is 4.99 Å². The van der Waals surface area contributed by atoms with Crippen LogP contribution in [0.1, 0.15) is 11.1 Å². The lowest BCUT2D eigenvalue weighted by molar-refractivity contribution is -0.124. The predicted octanol–water partition coefficient (Wildman–Crippen LogP) is 2.23. The highest BCUT2D eigenvalue weighted by atomic mass is 35.5. The summed E-state index contributed by atoms with van der Waals surface area (Å²) in [6.07, 6.45) is 0.379. The third-order valence-corrected chi connectivity index (χ3v) is 4.10. The van der Waals surface area contributed by atoms with Crippen molar-refractivity contribution in [2.75, 3.05) is 7.11 Å². The fourth-order valence-corrected chi connectivity index (χ4v) is 2.83. The Morgan fingerprint density at radius 1 is 1.26 bits per heavy atom. The van der Waals surface area contributed by atoms with Gasteiger partial charge in [0.2, 0.25) is 0 Å². The van der Waals surface area contributed by atoms with Gasteiger partial charge >= 0.3 is 0 Å². The number of nitrogens with one attached hydrogen (secondary N) is 1. The number of benzene rings is 2. The lowest BCUT2D eigenvalue weighted by Crippen LogP contribution is -2.40. The number of ether oxygens (including phenoxy) is 1. The Labute approximate surface area is 139 Å². The Balaban J connectivity index is 2.08. The third kappa shape index (κ3) is 2.87. The molecule has 0 fully saturated rings. The number of amides is 1. The van der Waals surface area contributed by atoms with Crippen LogP contribution < -0.4 is 15.8 Å². The number of aliphatic imine (C=N–C) groups is 1. The van der Waals surface area contributed by atoms with Crippen molar-refractivity contribution in [1.82, 2.24) is 5.32 Å². The van der Waals surface area contributed by atoms with E-state index in [-0.39, 0.29) is 11.9 Å². The SMILES string of the molecule is COc1cccc(C2(Cc3ccc(Cl)cc3)N=C(N)NC2=O)c1. The van der Waals surface area contributed by atoms with Crippen LogP contribution >= 0.6 is 11.6 Å². The van der Waals surface area contributed by atoms with E-state index in [1.807, 2.05) is 30.3 Å². The molecule has 0 aromatic heterocycles. The predicted molar refractivity (Wildman–Crippen MR) is 89.6 cm³/mol. The van der Waals surface area contributed by atoms with Crippen LogP contribution in [-0.2, 0) is 16.8 Å². The minimum Gasteiger partial charge on any atom is -0.497 e. The summed E-state index contributed by atoms with van der Waals surface area (Å²) in [7, 11) is 1.58. The van der Waals surface area contributed by atoms with Gasteiger partial charge < -0.3 is 10.5 Å². The standard InChI is InChI=1S/C17H16ClN3O2/c1-23-14-4-2-3-12(9-14)17(15(22)20-16(19)21-17)10-11-5-7-13(18)8-6-11/h2-9H,10H2,1H3,(H3,19,20,21,22). The Kier molecular flexibility index (Phi) is 3.96. The van der Waals surface area contributed by atoms with Crippen LogP contribution in [0.3, 0.4) is 0 Å². The summed E-state index contributed by atoms with van der Waals surface area (Å²) in [6.45, 7) is 0. The number of hydrogen-bond donors (Lipinski definition) is 2. The van der Waals surface area contributed by atoms with Crippen LogP contribution in [0.15, 0.2) is 53.5 Å². The van der Waals surface area contributed by atoms with E-state index < -0.39 is 5.54 Å². The minimum absolute atomic E-state index is 0.117. The van der Waals surface area contributed by atoms with Gasteiger partial charge in [-0.1, -0.05) is 35.9 Å². The molecule has 1 aliphatic heterocycles. The molecule has 0 radical (unpaired) electrons. The molecule has 1 heterocycles. The molecule has 0 aliphatic carbocycles. The van der Waals surface area contributed by atoms with Crippen molar-refractivity contribution in [3.8, 4) is 5.75 Å². The minimum atomic E-state index is -1.10. The molecular formula is C17H16ClN3O2. The summed E-state index contributed by atoms with van der Waals surface area (Å²) in [5.41, 5.74) is 6.31. The van der Waals surface area contributed by atoms with E-state index in [0.29, 0.717) is 17.2 Å². The number of carbonyl (C=O) groups is 1. The number of nitrogens with zero attached hydrogens (tertiary/aromatic N) is 1. The van der Waals surface area contributed by atoms with Crippen molar-refractivity contribution in [3.05, 3.63) is 64.7 Å². The van der Waals surface area contributed by atoms with E-state index in [0.717, 1.165) is 11.1 Å². The molecule has 5 nitrogen and oxygen atoms in total. The highest BCUT2D eigenvalue weighted by Gasteiger charge is 2.45. The zero-order valence-corrected chi connectivity index (χ0v) is 13.3. The molecule has 3 rings (SSSR count). The molecule has 0 bridgehead atoms. The summed E-state index contributed by atoms with van der Waals surface area (Å²) < 4.78 is 5.26. The maximum Gasteiger partial charge on any atom is 0.259 e. The van der Waals surface area contributed by atoms with Crippen LogP contribution in [0.4, 0.5) is 0 Å². The lowest BCUT2D eigenvalue weighted by Gasteiger charge is -2.24. The van der Waals surface area contributed by atoms with E-state index in [1.165, 1.54) is 0 Å². The fourth-order valence-electron chi connectivity index (χ4n) is 2.70. The first-order valence-electron chi connectivity index (χ1n) is 7.09. The van der Waals surface area contributed by atoms with E-state index in [2.05, 4.69) is 10.3 Å². The molecule has 2 aromatic carbocycles. The van der Waals surface area contributed by atoms with Gasteiger partial charge in [0.15, 0.2) is 11.5 Å². The summed E-state index contributed by atoms with van der Waals surface area (Å²) in [4.78, 5) is 17.0. The Bertz CT molecular complexity index is 774. The van der Waals surface area contributed by atoms with Crippen molar-refractivity contribution < 1.29 is 9.53 Å². The smallest absolute Gasteiger partial charge is 0.259 e. The molecule has 3 N–H and O–H groups in total. The van der Waals surface area contributed by atoms with Gasteiger partial charge in [-0.05, 0) is 35.4 Å². The Morgan fingerprint density at radius 3 is 2.61 bits per heavy atom. The number of carbonyl (C=O) groups excluding carboxylic acids is 1. The van der Waals surface area contributed by atoms with Gasteiger partial charge in [0, 0.05) is 11.4 Å². The maximum atomic E-state index is 12.6. The van der Waals surface area contributed by atoms with Crippen molar-refractivity contribution in [3.63, 3.8) is 0 Å². The zero-order valence-electron chi connectivity index (χ0n) is 12.5. The van der Waals surface area contributed by atoms with Gasteiger partial charge in [0.05, 0.1) is 7.11 Å². The van der Waals surface area contributed by atoms with Gasteiger partial charge in [0.25, 0.3) is 5.91 Å². The topological polar surface area (TPSA) is 76.7 Å². The monoisotopic (exact) mass is 329 g/mol. The first kappa shape index (κ1) is 15.4. The number of hydrogen-bond acceptors (Lipinski definition) is 4. The van der Waals surface area contributed by atoms with Crippen molar-refractivity contribution in [2.45, 2.75) is 12.0 Å². The average Bonchev–Trinajstić information content (AvgIpc) is 2.84. The lowest BCUT2D eigenvalue weighted by atomic mass is 9.84. The molecule has 1 amide bonds. The summed E-state index contributed by atoms with van der Waals surface area (Å²) in [5, 5.41) is 3.24. The van der Waals surface area contributed by atoms with Crippen molar-refractivity contribution >= 4 is 23.5 Å². The molecule has 23 heavy (non-hydrogen) atoms. The van der Waals surface area contributed by atoms with E-state index in [1.54, 1.807) is 25.3 Å². The fraction of sp³-hybridized carbons (Fsp3) is 0.176. The first-order valence-corrected chi connectivity index (χ1v) is 7.47. The summed E-state index contributed by atoms with van der Waals surface area (Å²) in [6, 6.07) is 14.6. The quantitative estimate of drug-likeness (QED) is 0.903. The number of halogens is 1. The van der Waals surface area contributed by atoms with Crippen molar-refractivity contribution in [2.24, 2.45) is 10.7 Å². The molecule has 1 atom stereocenters. The third-order valence-electron chi connectivity index (χ3n) is 3.85. The molecule has 6 heteroatoms. The Morgan fingerprint density at radius 2 is 2.00 bits per heavy atom. The second kappa shape index (κ2) is 5.93. The normalized spacial score (nSPS) is 20.1. The van der Waals surface area contributed by atoms with E-state index >= 15 is 0 Å². The van der Waals surface area contributed by atoms with Crippen LogP contribution in [0.2, 0.25) is 5.02 Å². The molecule has 1 unspecified atom stereocenters. The number of nitrogens with two attached hydrogens (primary N) is 1. The molecule has 0 spiro atoms. The molecule has 0 saturated carbocycles. The highest BCUT2D eigenvalue weighted by molar-refractivity contribution is 6.30. The second-order valence-corrected chi connectivity index (χ2v) is 5.78. The molecule has 1 aliphatic rings. The highest BCUT2D eigenvalue weighted by Crippen LogP contribution is 2.35. The number of guanidine groups is 1. The van der Waals surface area contributed by atoms with E-state index in [4.69, 9.17) is 22.1 Å². The molecule has 118 valence electrons. The largest absolute Gasteiger partial charge is 0.497 e. The molecule has 0 saturated heterocycles. The van der Waals surface area contributed by atoms with Crippen LogP contribution in [0.5, 0.6) is 5.75 Å². The summed E-state index contributed by atoms with van der Waals surface area (Å²) >= 11 is 5.93. The van der Waals surface area contributed by atoms with E-state index in [9.17, 15) is 4.79 Å². The van der Waals surface area contributed by atoms with Crippen LogP contribution in [-0.4, -0.2) is 19.0 Å². The van der Waals surface area contributed by atoms with Crippen LogP contribution in [0, 0.1) is 0 Å². The van der Waals surface area contributed by atoms with Gasteiger partial charge in [0.1, 0.15) is 5.75 Å². The zero-order chi connectivity index (χ0) is 16.4. The van der Waals surface area contributed by atoms with Gasteiger partial charge in [-0.15, -0.1) is 0 Å². The number of rotatable bonds is 4. The van der Waals surface area contributed by atoms with Gasteiger partial charge in [-0.3, -0.25) is 10.1 Å². The molecular weight excluding hydrogens is 314 g/mol.